The minimum absolute atomic E-state index is 0.0295. The zero-order valence-corrected chi connectivity index (χ0v) is 76.7. The molecular weight excluding hydrogens is 1760 g/mol. The maximum atomic E-state index is 14.6. The van der Waals surface area contributed by atoms with Crippen LogP contribution in [-0.2, 0) is 99.5 Å². The first-order valence-corrected chi connectivity index (χ1v) is 43.0. The Kier molecular flexibility index (Phi) is 33.3. The summed E-state index contributed by atoms with van der Waals surface area (Å²) in [4.78, 5) is 55.5. The minimum Gasteiger partial charge on any atom is -0.397 e. The fourth-order valence-corrected chi connectivity index (χ4v) is 18.1. The normalized spacial score (nSPS) is 29.1. The Labute approximate surface area is 769 Å². The molecule has 7 aliphatic rings. The monoisotopic (exact) mass is 1870 g/mol. The van der Waals surface area contributed by atoms with E-state index in [2.05, 4.69) is 77.6 Å². The van der Waals surface area contributed by atoms with Gasteiger partial charge in [-0.05, 0) is 36.8 Å². The molecule has 0 amide bonds. The molecular formula is C86H117F2N25O21. The van der Waals surface area contributed by atoms with Crippen LogP contribution in [-0.4, -0.2) is 341 Å². The molecule has 24 atom stereocenters. The van der Waals surface area contributed by atoms with Gasteiger partial charge in [0.15, 0.2) is 83.2 Å². The van der Waals surface area contributed by atoms with E-state index in [-0.39, 0.29) is 93.1 Å². The molecule has 6 unspecified atom stereocenters. The number of anilines is 6. The highest BCUT2D eigenvalue weighted by Gasteiger charge is 2.63. The van der Waals surface area contributed by atoms with Crippen LogP contribution in [0.25, 0.3) is 67.0 Å². The number of halogens is 2. The third kappa shape index (κ3) is 19.8. The summed E-state index contributed by atoms with van der Waals surface area (Å²) in [7, 11) is 20.8. The van der Waals surface area contributed by atoms with Crippen LogP contribution in [0.2, 0.25) is 0 Å². The van der Waals surface area contributed by atoms with Crippen LogP contribution in [0.5, 0.6) is 0 Å². The molecule has 46 nitrogen and oxygen atoms in total. The molecule has 7 fully saturated rings. The summed E-state index contributed by atoms with van der Waals surface area (Å²) in [5, 5.41) is 0. The van der Waals surface area contributed by atoms with Crippen LogP contribution in [0.15, 0.2) is 106 Å². The predicted molar refractivity (Wildman–Crippen MR) is 480 cm³/mol. The number of ether oxygens (including phenoxy) is 21. The second kappa shape index (κ2) is 45.1. The van der Waals surface area contributed by atoms with Crippen LogP contribution in [0.4, 0.5) is 43.0 Å². The zero-order chi connectivity index (χ0) is 95.2. The maximum absolute atomic E-state index is 14.6. The third-order valence-corrected chi connectivity index (χ3v) is 24.2. The average molecular weight is 1880 g/mol. The van der Waals surface area contributed by atoms with E-state index in [4.69, 9.17) is 140 Å². The van der Waals surface area contributed by atoms with Crippen molar-refractivity contribution in [3.63, 3.8) is 0 Å². The lowest BCUT2D eigenvalue weighted by Gasteiger charge is -2.30. The van der Waals surface area contributed by atoms with Gasteiger partial charge in [0.2, 0.25) is 0 Å². The Balaban J connectivity index is 0.000000129. The van der Waals surface area contributed by atoms with Crippen LogP contribution in [0.1, 0.15) is 63.6 Å². The predicted octanol–water partition coefficient (Wildman–Crippen LogP) is 5.11. The van der Waals surface area contributed by atoms with E-state index in [1.165, 1.54) is 56.6 Å². The van der Waals surface area contributed by atoms with Crippen molar-refractivity contribution < 1.29 is 108 Å². The molecule has 12 aromatic rings. The summed E-state index contributed by atoms with van der Waals surface area (Å²) in [6.07, 6.45) is 17.0. The number of nitrogens with two attached hydrogens (primary N) is 6. The molecule has 12 aromatic heterocycles. The average Bonchev–Trinajstić information content (AvgIpc) is 1.57. The van der Waals surface area contributed by atoms with Crippen molar-refractivity contribution in [3.05, 3.63) is 106 Å². The number of alkyl halides is 2. The van der Waals surface area contributed by atoms with Crippen molar-refractivity contribution in [2.45, 2.75) is 167 Å². The van der Waals surface area contributed by atoms with Crippen LogP contribution in [0, 0.1) is 18.3 Å². The van der Waals surface area contributed by atoms with E-state index in [9.17, 15) is 8.78 Å². The molecule has 0 saturated carbocycles. The molecule has 48 heteroatoms. The molecule has 7 aliphatic heterocycles. The number of pyridine rings is 5. The summed E-state index contributed by atoms with van der Waals surface area (Å²) in [6, 6.07) is 8.44. The number of hydrogen-bond donors (Lipinski definition) is 6. The number of nitrogen functional groups attached to an aromatic ring is 6. The summed E-state index contributed by atoms with van der Waals surface area (Å²) in [6.45, 7) is 4.94. The van der Waals surface area contributed by atoms with E-state index in [1.54, 1.807) is 155 Å². The van der Waals surface area contributed by atoms with Gasteiger partial charge in [-0.3, -0.25) is 27.4 Å². The van der Waals surface area contributed by atoms with E-state index >= 15 is 0 Å². The molecule has 7 saturated heterocycles. The largest absolute Gasteiger partial charge is 0.397 e. The second-order valence-electron chi connectivity index (χ2n) is 32.1. The highest BCUT2D eigenvalue weighted by atomic mass is 19.1. The van der Waals surface area contributed by atoms with Gasteiger partial charge in [-0.1, -0.05) is 25.7 Å². The van der Waals surface area contributed by atoms with E-state index < -0.39 is 73.4 Å². The molecule has 12 N–H and O–H groups in total. The van der Waals surface area contributed by atoms with Gasteiger partial charge in [0.1, 0.15) is 137 Å². The number of aromatic nitrogens is 19. The van der Waals surface area contributed by atoms with Crippen LogP contribution >= 0.6 is 0 Å². The van der Waals surface area contributed by atoms with E-state index in [0.717, 1.165) is 19.3 Å². The van der Waals surface area contributed by atoms with Crippen molar-refractivity contribution >= 4 is 101 Å². The second-order valence-corrected chi connectivity index (χ2v) is 32.1. The number of hydrogen-bond acceptors (Lipinski definition) is 40. The molecule has 0 spiro atoms. The van der Waals surface area contributed by atoms with Gasteiger partial charge in [-0.15, -0.1) is 6.42 Å². The van der Waals surface area contributed by atoms with Gasteiger partial charge in [0, 0.05) is 129 Å². The lowest BCUT2D eigenvalue weighted by molar-refractivity contribution is -0.189. The van der Waals surface area contributed by atoms with Crippen LogP contribution < -0.4 is 34.4 Å². The fraction of sp³-hybridized carbons (Fsp3) is 0.570. The number of rotatable bonds is 30. The van der Waals surface area contributed by atoms with Crippen molar-refractivity contribution in [1.29, 1.82) is 0 Å². The van der Waals surface area contributed by atoms with E-state index in [0.29, 0.717) is 134 Å². The summed E-state index contributed by atoms with van der Waals surface area (Å²) < 4.78 is 157. The first-order chi connectivity index (χ1) is 65.2. The standard InChI is InChI=1S/C16H25N5O3.C16H20N4O4.C14H18N4O4.C14H20N4O4.2C13H17FN4O3/c1-4-5-6-10-13(23-3)11(7-22-2)24-16(10)21-9-20-12-14(17)18-8-19-15(12)21;1-4-7-23-14-13(22-3)11(8-21-2)24-16(14)20-9-19-12-10(17)5-6-18-15(12)20;1-19-5-14-6-21-10(11(14)20-2)13(22-14)18-7-17-9-8(15)3-4-16-12(9)18;1-19-6-9-11(20-2)12(21-3)14(22-9)18-7-17-10-8(15)4-5-16-13(10)18;2*1-19-5-8-11(20-2)9(14)13(21-8)18-6-17-10-7(15)3-4-16-12(10)18/h8-11,13,16H,4-7H2,1-3H3,(H2,17,18,19);1,5-6,9,11,13-14,16H,7-8H2,2-3H3,(H2,17,18);3-4,7,10-11,13H,5-6H2,1-2H3,(H2,15,16);4-5,7,9,11-12,14H,6H2,1-3H3,(H2,15,16);2*3-4,6,8-9,11,13H,5H2,1-2H3,(H2,15,16)/t10-,11+,13?,16+;11-,13?,14+,16-;10-,11?,13+,14-;9-,11?,12+,14-;2*8-,9+,11?,13-/m010111/s1. The van der Waals surface area contributed by atoms with Crippen molar-refractivity contribution in [2.24, 2.45) is 5.92 Å². The first-order valence-electron chi connectivity index (χ1n) is 43.0. The Hall–Kier alpha value is -11.0. The molecule has 2 bridgehead atoms. The lowest BCUT2D eigenvalue weighted by atomic mass is 9.93. The first kappa shape index (κ1) is 99.0. The van der Waals surface area contributed by atoms with Gasteiger partial charge in [-0.2, -0.15) is 0 Å². The number of terminal acetylenes is 1. The van der Waals surface area contributed by atoms with Crippen LogP contribution in [0.3, 0.4) is 0 Å². The summed E-state index contributed by atoms with van der Waals surface area (Å²) in [5.41, 5.74) is 44.6. The van der Waals surface area contributed by atoms with Crippen molar-refractivity contribution in [3.8, 4) is 12.3 Å². The Morgan fingerprint density at radius 1 is 0.388 bits per heavy atom. The summed E-state index contributed by atoms with van der Waals surface area (Å²) >= 11 is 0. The van der Waals surface area contributed by atoms with Gasteiger partial charge < -0.3 is 134 Å². The molecule has 19 rings (SSSR count). The van der Waals surface area contributed by atoms with Gasteiger partial charge >= 0.3 is 0 Å². The smallest absolute Gasteiger partial charge is 0.174 e. The lowest BCUT2D eigenvalue weighted by Crippen LogP contribution is -2.45. The van der Waals surface area contributed by atoms with Crippen molar-refractivity contribution in [2.75, 3.05) is 180 Å². The quantitative estimate of drug-likeness (QED) is 0.0318. The minimum atomic E-state index is -1.35. The van der Waals surface area contributed by atoms with Gasteiger partial charge in [-0.25, -0.2) is 73.6 Å². The number of imidazole rings is 6. The maximum Gasteiger partial charge on any atom is 0.174 e. The Bertz CT molecular complexity index is 5650. The molecule has 19 heterocycles. The highest BCUT2D eigenvalue weighted by Crippen LogP contribution is 2.49. The molecule has 134 heavy (non-hydrogen) atoms. The fourth-order valence-electron chi connectivity index (χ4n) is 18.1. The van der Waals surface area contributed by atoms with Crippen molar-refractivity contribution in [1.82, 2.24) is 92.2 Å². The number of methoxy groups -OCH3 is 13. The highest BCUT2D eigenvalue weighted by molar-refractivity contribution is 5.87. The third-order valence-electron chi connectivity index (χ3n) is 24.2. The Morgan fingerprint density at radius 2 is 0.724 bits per heavy atom. The molecule has 0 radical (unpaired) electrons. The number of fused-ring (bicyclic) bond motifs is 8. The summed E-state index contributed by atoms with van der Waals surface area (Å²) in [5.74, 6) is 3.04. The number of nitrogens with zero attached hydrogens (tertiary/aromatic N) is 19. The molecule has 0 aromatic carbocycles. The molecule has 726 valence electrons. The van der Waals surface area contributed by atoms with E-state index in [1.807, 2.05) is 13.7 Å². The number of unbranched alkanes of at least 4 members (excludes halogenated alkanes) is 1. The molecule has 0 aliphatic carbocycles. The Morgan fingerprint density at radius 3 is 1.10 bits per heavy atom. The topological polar surface area (TPSA) is 547 Å². The van der Waals surface area contributed by atoms with Gasteiger partial charge in [0.05, 0.1) is 119 Å². The van der Waals surface area contributed by atoms with Gasteiger partial charge in [0.25, 0.3) is 0 Å². The zero-order valence-electron chi connectivity index (χ0n) is 76.7. The SMILES string of the molecule is C#CCO[C@H]1C(OC)[C@@H](COC)O[C@H]1n1cnc2c(N)ccnc21.CCCC[C@H]1C(OC)[C@@H](COC)O[C@H]1n1cnc2c(N)ncnc21.COC[C@H]1O[C@@H](n2cnc3c(N)ccnc32)[C@@H](F)C1OC.COC[C@H]1O[C@@H](n2cnc3c(N)ccnc32)[C@@H](F)C1OC.COC[C@H]1O[C@@H](n2cnc3c(N)ccnc32)[C@@H](OC)C1OC.COC[C@]12CO[C@@H](C1OC)[C@H](n1cnc3c(N)ccnc31)O2.